The van der Waals surface area contributed by atoms with Gasteiger partial charge in [0, 0.05) is 0 Å². The monoisotopic (exact) mass is 251 g/mol. The zero-order valence-electron chi connectivity index (χ0n) is 10.6. The van der Waals surface area contributed by atoms with E-state index in [-0.39, 0.29) is 12.4 Å². The summed E-state index contributed by atoms with van der Waals surface area (Å²) in [6, 6.07) is 17.2. The van der Waals surface area contributed by atoms with Crippen molar-refractivity contribution in [2.45, 2.75) is 6.42 Å². The Morgan fingerprint density at radius 3 is 2.53 bits per heavy atom. The average Bonchev–Trinajstić information content (AvgIpc) is 2.47. The maximum atomic E-state index is 11.3. The number of esters is 1. The topological polar surface area (TPSA) is 50.1 Å². The van der Waals surface area contributed by atoms with Crippen LogP contribution in [0.2, 0.25) is 0 Å². The second-order valence-corrected chi connectivity index (χ2v) is 4.15. The third-order valence-electron chi connectivity index (χ3n) is 2.83. The molecule has 0 fully saturated rings. The van der Waals surface area contributed by atoms with Crippen LogP contribution in [0.5, 0.6) is 0 Å². The summed E-state index contributed by atoms with van der Waals surface area (Å²) in [7, 11) is 1.38. The average molecular weight is 251 g/mol. The fourth-order valence-electron chi connectivity index (χ4n) is 1.87. The Morgan fingerprint density at radius 2 is 1.84 bits per heavy atom. The van der Waals surface area contributed by atoms with Crippen molar-refractivity contribution < 1.29 is 9.53 Å². The van der Waals surface area contributed by atoms with Crippen molar-refractivity contribution in [3.05, 3.63) is 59.7 Å². The highest BCUT2D eigenvalue weighted by molar-refractivity contribution is 5.74. The Bertz CT molecular complexity index is 641. The van der Waals surface area contributed by atoms with Crippen molar-refractivity contribution in [2.24, 2.45) is 0 Å². The summed E-state index contributed by atoms with van der Waals surface area (Å²) in [5.74, 6) is -0.261. The van der Waals surface area contributed by atoms with Gasteiger partial charge in [0.15, 0.2) is 0 Å². The van der Waals surface area contributed by atoms with Crippen LogP contribution in [0.25, 0.3) is 11.1 Å². The molecule has 0 aliphatic rings. The minimum Gasteiger partial charge on any atom is -0.469 e. The maximum Gasteiger partial charge on any atom is 0.309 e. The van der Waals surface area contributed by atoms with E-state index >= 15 is 0 Å². The molecule has 19 heavy (non-hydrogen) atoms. The SMILES string of the molecule is COC(=O)Cc1cccc(-c2cccc(C#N)c2)c1. The lowest BCUT2D eigenvalue weighted by Crippen LogP contribution is -2.04. The molecule has 0 atom stereocenters. The molecule has 0 saturated carbocycles. The van der Waals surface area contributed by atoms with Gasteiger partial charge in [-0.3, -0.25) is 4.79 Å². The third-order valence-corrected chi connectivity index (χ3v) is 2.83. The quantitative estimate of drug-likeness (QED) is 0.788. The molecule has 0 saturated heterocycles. The molecule has 0 heterocycles. The first-order valence-corrected chi connectivity index (χ1v) is 5.89. The highest BCUT2D eigenvalue weighted by Crippen LogP contribution is 2.21. The smallest absolute Gasteiger partial charge is 0.309 e. The van der Waals surface area contributed by atoms with Gasteiger partial charge in [-0.1, -0.05) is 36.4 Å². The minimum atomic E-state index is -0.261. The van der Waals surface area contributed by atoms with Crippen LogP contribution in [0.15, 0.2) is 48.5 Å². The van der Waals surface area contributed by atoms with Crippen LogP contribution in [0.1, 0.15) is 11.1 Å². The number of benzene rings is 2. The fourth-order valence-corrected chi connectivity index (χ4v) is 1.87. The van der Waals surface area contributed by atoms with Crippen LogP contribution in [0.4, 0.5) is 0 Å². The number of rotatable bonds is 3. The molecule has 0 unspecified atom stereocenters. The second kappa shape index (κ2) is 5.83. The van der Waals surface area contributed by atoms with Crippen molar-refractivity contribution in [3.63, 3.8) is 0 Å². The summed E-state index contributed by atoms with van der Waals surface area (Å²) < 4.78 is 4.65. The van der Waals surface area contributed by atoms with Crippen LogP contribution in [-0.4, -0.2) is 13.1 Å². The van der Waals surface area contributed by atoms with Crippen LogP contribution in [0.3, 0.4) is 0 Å². The van der Waals surface area contributed by atoms with Gasteiger partial charge in [-0.05, 0) is 28.8 Å². The van der Waals surface area contributed by atoms with Crippen molar-refractivity contribution in [1.82, 2.24) is 0 Å². The molecule has 94 valence electrons. The van der Waals surface area contributed by atoms with Gasteiger partial charge in [0.2, 0.25) is 0 Å². The Kier molecular flexibility index (Phi) is 3.94. The molecule has 0 amide bonds. The molecule has 3 nitrogen and oxygen atoms in total. The maximum absolute atomic E-state index is 11.3. The third kappa shape index (κ3) is 3.20. The molecule has 0 radical (unpaired) electrons. The van der Waals surface area contributed by atoms with E-state index in [0.717, 1.165) is 16.7 Å². The highest BCUT2D eigenvalue weighted by Gasteiger charge is 2.05. The first-order chi connectivity index (χ1) is 9.22. The van der Waals surface area contributed by atoms with Gasteiger partial charge in [-0.25, -0.2) is 0 Å². The molecule has 0 bridgehead atoms. The molecule has 2 aromatic rings. The van der Waals surface area contributed by atoms with Crippen molar-refractivity contribution in [2.75, 3.05) is 7.11 Å². The number of ether oxygens (including phenoxy) is 1. The minimum absolute atomic E-state index is 0.252. The van der Waals surface area contributed by atoms with Gasteiger partial charge in [0.25, 0.3) is 0 Å². The van der Waals surface area contributed by atoms with Crippen molar-refractivity contribution >= 4 is 5.97 Å². The van der Waals surface area contributed by atoms with E-state index in [1.807, 2.05) is 42.5 Å². The van der Waals surface area contributed by atoms with E-state index in [4.69, 9.17) is 5.26 Å². The molecule has 3 heteroatoms. The summed E-state index contributed by atoms with van der Waals surface area (Å²) in [5, 5.41) is 8.90. The normalized spacial score (nSPS) is 9.68. The predicted molar refractivity (Wildman–Crippen MR) is 72.3 cm³/mol. The second-order valence-electron chi connectivity index (χ2n) is 4.15. The number of methoxy groups -OCH3 is 1. The van der Waals surface area contributed by atoms with E-state index in [2.05, 4.69) is 10.8 Å². The summed E-state index contributed by atoms with van der Waals surface area (Å²) in [5.41, 5.74) is 3.46. The lowest BCUT2D eigenvalue weighted by atomic mass is 10.0. The number of carbonyl (C=O) groups excluding carboxylic acids is 1. The predicted octanol–water partition coefficient (Wildman–Crippen LogP) is 2.94. The fraction of sp³-hybridized carbons (Fsp3) is 0.125. The van der Waals surface area contributed by atoms with E-state index < -0.39 is 0 Å². The Labute approximate surface area is 112 Å². The zero-order chi connectivity index (χ0) is 13.7. The summed E-state index contributed by atoms with van der Waals surface area (Å²) >= 11 is 0. The number of nitriles is 1. The van der Waals surface area contributed by atoms with Crippen molar-refractivity contribution in [1.29, 1.82) is 5.26 Å². The molecule has 0 aliphatic carbocycles. The molecule has 0 N–H and O–H groups in total. The van der Waals surface area contributed by atoms with Crippen LogP contribution >= 0.6 is 0 Å². The van der Waals surface area contributed by atoms with Gasteiger partial charge in [-0.2, -0.15) is 5.26 Å². The Morgan fingerprint density at radius 1 is 1.16 bits per heavy atom. The van der Waals surface area contributed by atoms with E-state index in [1.54, 1.807) is 6.07 Å². The molecule has 0 aromatic heterocycles. The number of carbonyl (C=O) groups is 1. The summed E-state index contributed by atoms with van der Waals surface area (Å²) in [6.45, 7) is 0. The van der Waals surface area contributed by atoms with Gasteiger partial charge < -0.3 is 4.74 Å². The highest BCUT2D eigenvalue weighted by atomic mass is 16.5. The van der Waals surface area contributed by atoms with Crippen molar-refractivity contribution in [3.8, 4) is 17.2 Å². The lowest BCUT2D eigenvalue weighted by Gasteiger charge is -2.05. The number of hydrogen-bond donors (Lipinski definition) is 0. The molecule has 0 spiro atoms. The van der Waals surface area contributed by atoms with Gasteiger partial charge >= 0.3 is 5.97 Å². The van der Waals surface area contributed by atoms with Gasteiger partial charge in [0.1, 0.15) is 0 Å². The lowest BCUT2D eigenvalue weighted by molar-refractivity contribution is -0.139. The Hall–Kier alpha value is -2.60. The molecular formula is C16H13NO2. The van der Waals surface area contributed by atoms with Crippen LogP contribution in [0, 0.1) is 11.3 Å². The van der Waals surface area contributed by atoms with Crippen LogP contribution < -0.4 is 0 Å². The zero-order valence-corrected chi connectivity index (χ0v) is 10.6. The standard InChI is InChI=1S/C16H13NO2/c1-19-16(18)10-12-4-2-6-14(8-12)15-7-3-5-13(9-15)11-17/h2-9H,10H2,1H3. The summed E-state index contributed by atoms with van der Waals surface area (Å²) in [4.78, 5) is 11.3. The number of nitrogens with zero attached hydrogens (tertiary/aromatic N) is 1. The number of hydrogen-bond acceptors (Lipinski definition) is 3. The van der Waals surface area contributed by atoms with Gasteiger partial charge in [0.05, 0.1) is 25.2 Å². The van der Waals surface area contributed by atoms with Crippen LogP contribution in [-0.2, 0) is 16.0 Å². The van der Waals surface area contributed by atoms with Gasteiger partial charge in [-0.15, -0.1) is 0 Å². The molecule has 2 aromatic carbocycles. The van der Waals surface area contributed by atoms with E-state index in [1.165, 1.54) is 7.11 Å². The first kappa shape index (κ1) is 12.8. The molecule has 2 rings (SSSR count). The Balaban J connectivity index is 2.32. The summed E-state index contributed by atoms with van der Waals surface area (Å²) in [6.07, 6.45) is 0.252. The molecular weight excluding hydrogens is 238 g/mol. The van der Waals surface area contributed by atoms with E-state index in [9.17, 15) is 4.79 Å². The largest absolute Gasteiger partial charge is 0.469 e. The molecule has 0 aliphatic heterocycles. The van der Waals surface area contributed by atoms with E-state index in [0.29, 0.717) is 5.56 Å². The first-order valence-electron chi connectivity index (χ1n) is 5.89.